The number of nitrogens with two attached hydrogens (primary N) is 1. The van der Waals surface area contributed by atoms with Crippen LogP contribution in [0.5, 0.6) is 0 Å². The summed E-state index contributed by atoms with van der Waals surface area (Å²) in [5, 5.41) is 2.84. The van der Waals surface area contributed by atoms with Crippen LogP contribution >= 0.6 is 0 Å². The third-order valence-electron chi connectivity index (χ3n) is 2.35. The second-order valence-electron chi connectivity index (χ2n) is 3.50. The topological polar surface area (TPSA) is 26.0 Å². The van der Waals surface area contributed by atoms with Crippen LogP contribution < -0.4 is 16.1 Å². The summed E-state index contributed by atoms with van der Waals surface area (Å²) in [5.41, 5.74) is 6.76. The maximum absolute atomic E-state index is 5.56. The van der Waals surface area contributed by atoms with Gasteiger partial charge in [-0.25, -0.2) is 0 Å². The molecule has 1 radical (unpaired) electrons. The summed E-state index contributed by atoms with van der Waals surface area (Å²) >= 11 is 0. The summed E-state index contributed by atoms with van der Waals surface area (Å²) in [7, 11) is 0.218. The Labute approximate surface area is 92.8 Å². The van der Waals surface area contributed by atoms with Crippen LogP contribution in [0.4, 0.5) is 0 Å². The van der Waals surface area contributed by atoms with Crippen molar-refractivity contribution < 1.29 is 0 Å². The van der Waals surface area contributed by atoms with E-state index in [1.807, 2.05) is 0 Å². The summed E-state index contributed by atoms with van der Waals surface area (Å²) in [6.07, 6.45) is 0. The van der Waals surface area contributed by atoms with Crippen LogP contribution in [0.25, 0.3) is 0 Å². The Kier molecular flexibility index (Phi) is 3.32. The third-order valence-corrected chi connectivity index (χ3v) is 3.78. The second-order valence-corrected chi connectivity index (χ2v) is 5.12. The zero-order valence-corrected chi connectivity index (χ0v) is 9.71. The first kappa shape index (κ1) is 10.1. The Bertz CT molecular complexity index is 408. The van der Waals surface area contributed by atoms with Gasteiger partial charge in [-0.05, 0) is 5.56 Å². The van der Waals surface area contributed by atoms with E-state index in [2.05, 4.69) is 54.6 Å². The van der Waals surface area contributed by atoms with Crippen LogP contribution in [0.3, 0.4) is 0 Å². The average molecular weight is 212 g/mol. The SMILES string of the molecule is NCc1ccc([SiH]c2ccccc2)cc1. The molecule has 0 saturated carbocycles. The highest BCUT2D eigenvalue weighted by Crippen LogP contribution is 1.94. The monoisotopic (exact) mass is 212 g/mol. The van der Waals surface area contributed by atoms with Crippen molar-refractivity contribution in [3.8, 4) is 0 Å². The number of rotatable bonds is 3. The van der Waals surface area contributed by atoms with Crippen molar-refractivity contribution in [2.75, 3.05) is 0 Å². The molecule has 2 rings (SSSR count). The van der Waals surface area contributed by atoms with E-state index in [1.165, 1.54) is 15.9 Å². The van der Waals surface area contributed by atoms with Gasteiger partial charge in [-0.1, -0.05) is 65.0 Å². The molecule has 0 fully saturated rings. The van der Waals surface area contributed by atoms with Crippen molar-refractivity contribution >= 4 is 19.9 Å². The Hall–Kier alpha value is -1.38. The van der Waals surface area contributed by atoms with E-state index in [0.717, 1.165) is 0 Å². The van der Waals surface area contributed by atoms with Gasteiger partial charge in [-0.2, -0.15) is 0 Å². The quantitative estimate of drug-likeness (QED) is 0.738. The lowest BCUT2D eigenvalue weighted by Gasteiger charge is -2.02. The van der Waals surface area contributed by atoms with Gasteiger partial charge in [-0.15, -0.1) is 0 Å². The van der Waals surface area contributed by atoms with Gasteiger partial charge in [0, 0.05) is 6.54 Å². The van der Waals surface area contributed by atoms with Crippen LogP contribution in [0.1, 0.15) is 5.56 Å². The number of benzene rings is 2. The maximum Gasteiger partial charge on any atom is 0.103 e. The molecule has 0 aliphatic heterocycles. The molecule has 0 aliphatic carbocycles. The smallest absolute Gasteiger partial charge is 0.103 e. The molecule has 0 amide bonds. The molecule has 0 saturated heterocycles. The lowest BCUT2D eigenvalue weighted by atomic mass is 10.2. The summed E-state index contributed by atoms with van der Waals surface area (Å²) < 4.78 is 0. The minimum absolute atomic E-state index is 0.218. The summed E-state index contributed by atoms with van der Waals surface area (Å²) in [6, 6.07) is 19.2. The van der Waals surface area contributed by atoms with Crippen LogP contribution in [0.2, 0.25) is 0 Å². The first-order valence-electron chi connectivity index (χ1n) is 5.07. The molecule has 2 N–H and O–H groups in total. The van der Waals surface area contributed by atoms with Crippen LogP contribution in [0.15, 0.2) is 54.6 Å². The summed E-state index contributed by atoms with van der Waals surface area (Å²) in [4.78, 5) is 0. The van der Waals surface area contributed by atoms with Gasteiger partial charge in [0.2, 0.25) is 0 Å². The Morgan fingerprint density at radius 1 is 0.800 bits per heavy atom. The molecule has 75 valence electrons. The van der Waals surface area contributed by atoms with Gasteiger partial charge >= 0.3 is 0 Å². The van der Waals surface area contributed by atoms with Gasteiger partial charge in [0.15, 0.2) is 0 Å². The predicted molar refractivity (Wildman–Crippen MR) is 67.2 cm³/mol. The minimum atomic E-state index is 0.218. The Morgan fingerprint density at radius 3 is 2.00 bits per heavy atom. The first-order chi connectivity index (χ1) is 7.38. The first-order valence-corrected chi connectivity index (χ1v) is 6.23. The molecular weight excluding hydrogens is 198 g/mol. The summed E-state index contributed by atoms with van der Waals surface area (Å²) in [5.74, 6) is 0. The van der Waals surface area contributed by atoms with Crippen LogP contribution in [0, 0.1) is 0 Å². The zero-order chi connectivity index (χ0) is 10.5. The molecule has 2 heteroatoms. The highest BCUT2D eigenvalue weighted by molar-refractivity contribution is 6.67. The van der Waals surface area contributed by atoms with Crippen LogP contribution in [-0.2, 0) is 6.54 Å². The molecule has 15 heavy (non-hydrogen) atoms. The van der Waals surface area contributed by atoms with Crippen molar-refractivity contribution in [1.29, 1.82) is 0 Å². The predicted octanol–water partition coefficient (Wildman–Crippen LogP) is 0.533. The van der Waals surface area contributed by atoms with E-state index >= 15 is 0 Å². The largest absolute Gasteiger partial charge is 0.326 e. The van der Waals surface area contributed by atoms with Gasteiger partial charge in [0.05, 0.1) is 0 Å². The van der Waals surface area contributed by atoms with Crippen LogP contribution in [-0.4, -0.2) is 9.52 Å². The van der Waals surface area contributed by atoms with E-state index in [1.54, 1.807) is 0 Å². The number of hydrogen-bond acceptors (Lipinski definition) is 1. The lowest BCUT2D eigenvalue weighted by molar-refractivity contribution is 1.07. The zero-order valence-electron chi connectivity index (χ0n) is 8.56. The van der Waals surface area contributed by atoms with Crippen molar-refractivity contribution in [3.05, 3.63) is 60.2 Å². The average Bonchev–Trinajstić information content (AvgIpc) is 2.31. The van der Waals surface area contributed by atoms with E-state index in [9.17, 15) is 0 Å². The molecule has 0 aromatic heterocycles. The van der Waals surface area contributed by atoms with Gasteiger partial charge < -0.3 is 5.73 Å². The van der Waals surface area contributed by atoms with Gasteiger partial charge in [0.1, 0.15) is 9.52 Å². The fourth-order valence-electron chi connectivity index (χ4n) is 1.49. The molecular formula is C13H14NSi. The van der Waals surface area contributed by atoms with Crippen molar-refractivity contribution in [2.24, 2.45) is 5.73 Å². The molecule has 0 heterocycles. The molecule has 0 unspecified atom stereocenters. The van der Waals surface area contributed by atoms with E-state index in [-0.39, 0.29) is 9.52 Å². The van der Waals surface area contributed by atoms with Crippen molar-refractivity contribution in [2.45, 2.75) is 6.54 Å². The standard InChI is InChI=1S/C13H14NSi/c14-10-11-6-8-13(9-7-11)15-12-4-2-1-3-5-12/h1-9,15H,10,14H2. The maximum atomic E-state index is 5.56. The molecule has 0 atom stereocenters. The van der Waals surface area contributed by atoms with Gasteiger partial charge in [-0.3, -0.25) is 0 Å². The van der Waals surface area contributed by atoms with Crippen molar-refractivity contribution in [1.82, 2.24) is 0 Å². The molecule has 1 nitrogen and oxygen atoms in total. The highest BCUT2D eigenvalue weighted by atomic mass is 28.2. The van der Waals surface area contributed by atoms with E-state index in [0.29, 0.717) is 6.54 Å². The summed E-state index contributed by atoms with van der Waals surface area (Å²) in [6.45, 7) is 0.626. The molecule has 0 aliphatic rings. The van der Waals surface area contributed by atoms with E-state index in [4.69, 9.17) is 5.73 Å². The minimum Gasteiger partial charge on any atom is -0.326 e. The van der Waals surface area contributed by atoms with E-state index < -0.39 is 0 Å². The third kappa shape index (κ3) is 2.78. The Morgan fingerprint density at radius 2 is 1.40 bits per heavy atom. The normalized spacial score (nSPS) is 10.2. The molecule has 2 aromatic carbocycles. The molecule has 0 bridgehead atoms. The molecule has 0 spiro atoms. The van der Waals surface area contributed by atoms with Crippen molar-refractivity contribution in [3.63, 3.8) is 0 Å². The van der Waals surface area contributed by atoms with Gasteiger partial charge in [0.25, 0.3) is 0 Å². The Balaban J connectivity index is 2.11. The highest BCUT2D eigenvalue weighted by Gasteiger charge is 1.96. The fourth-order valence-corrected chi connectivity index (χ4v) is 2.68. The lowest BCUT2D eigenvalue weighted by Crippen LogP contribution is -2.26. The fraction of sp³-hybridized carbons (Fsp3) is 0.0769. The molecule has 2 aromatic rings. The number of hydrogen-bond donors (Lipinski definition) is 1. The second kappa shape index (κ2) is 4.91.